The highest BCUT2D eigenvalue weighted by Gasteiger charge is 2.33. The van der Waals surface area contributed by atoms with Gasteiger partial charge in [0.25, 0.3) is 10.0 Å². The summed E-state index contributed by atoms with van der Waals surface area (Å²) in [6.45, 7) is 5.57. The number of hydrogen-bond acceptors (Lipinski definition) is 4. The number of amides is 2. The van der Waals surface area contributed by atoms with Gasteiger partial charge in [0.2, 0.25) is 11.8 Å². The molecule has 0 aromatic heterocycles. The molecule has 0 unspecified atom stereocenters. The van der Waals surface area contributed by atoms with Gasteiger partial charge in [-0.2, -0.15) is 0 Å². The number of carbonyl (C=O) groups excluding carboxylic acids is 2. The van der Waals surface area contributed by atoms with E-state index < -0.39 is 28.5 Å². The summed E-state index contributed by atoms with van der Waals surface area (Å²) in [5.74, 6) is -0.826. The van der Waals surface area contributed by atoms with E-state index in [4.69, 9.17) is 23.2 Å². The maximum atomic E-state index is 13.9. The van der Waals surface area contributed by atoms with Gasteiger partial charge in [-0.3, -0.25) is 13.9 Å². The molecule has 3 aromatic carbocycles. The second-order valence-corrected chi connectivity index (χ2v) is 11.5. The second-order valence-electron chi connectivity index (χ2n) is 8.77. The lowest BCUT2D eigenvalue weighted by molar-refractivity contribution is -0.140. The first-order chi connectivity index (χ1) is 18.1. The molecule has 0 saturated carbocycles. The van der Waals surface area contributed by atoms with Crippen LogP contribution >= 0.6 is 23.2 Å². The van der Waals surface area contributed by atoms with Gasteiger partial charge in [0.05, 0.1) is 10.6 Å². The molecule has 1 N–H and O–H groups in total. The SMILES string of the molecule is CCNC(=O)[C@H](CC)N(Cc1cccc(C)c1)C(=O)CN(c1cccc(Cl)c1)S(=O)(=O)c1ccc(Cl)cc1. The van der Waals surface area contributed by atoms with E-state index in [9.17, 15) is 18.0 Å². The molecule has 202 valence electrons. The smallest absolute Gasteiger partial charge is 0.264 e. The zero-order valence-corrected chi connectivity index (χ0v) is 23.9. The first-order valence-corrected chi connectivity index (χ1v) is 14.4. The van der Waals surface area contributed by atoms with Crippen molar-refractivity contribution < 1.29 is 18.0 Å². The van der Waals surface area contributed by atoms with Crippen molar-refractivity contribution >= 4 is 50.7 Å². The molecule has 1 atom stereocenters. The van der Waals surface area contributed by atoms with Crippen molar-refractivity contribution in [3.63, 3.8) is 0 Å². The highest BCUT2D eigenvalue weighted by molar-refractivity contribution is 7.92. The van der Waals surface area contributed by atoms with Gasteiger partial charge in [-0.05, 0) is 68.3 Å². The molecule has 0 aliphatic carbocycles. The van der Waals surface area contributed by atoms with Crippen LogP contribution in [-0.4, -0.2) is 44.3 Å². The predicted octanol–water partition coefficient (Wildman–Crippen LogP) is 5.44. The van der Waals surface area contributed by atoms with Gasteiger partial charge in [0.1, 0.15) is 12.6 Å². The quantitative estimate of drug-likeness (QED) is 0.330. The number of hydrogen-bond donors (Lipinski definition) is 1. The average molecular weight is 577 g/mol. The first-order valence-electron chi connectivity index (χ1n) is 12.2. The van der Waals surface area contributed by atoms with E-state index in [0.717, 1.165) is 15.4 Å². The minimum absolute atomic E-state index is 0.0318. The Morgan fingerprint density at radius 3 is 2.21 bits per heavy atom. The van der Waals surface area contributed by atoms with Crippen LogP contribution in [0.15, 0.2) is 77.7 Å². The molecule has 38 heavy (non-hydrogen) atoms. The summed E-state index contributed by atoms with van der Waals surface area (Å²) in [5, 5.41) is 3.49. The van der Waals surface area contributed by atoms with E-state index in [1.54, 1.807) is 25.1 Å². The second kappa shape index (κ2) is 13.1. The van der Waals surface area contributed by atoms with E-state index >= 15 is 0 Å². The lowest BCUT2D eigenvalue weighted by Crippen LogP contribution is -2.52. The predicted molar refractivity (Wildman–Crippen MR) is 152 cm³/mol. The Balaban J connectivity index is 2.06. The van der Waals surface area contributed by atoms with Gasteiger partial charge in [-0.15, -0.1) is 0 Å². The molecule has 0 spiro atoms. The van der Waals surface area contributed by atoms with Crippen LogP contribution in [-0.2, 0) is 26.2 Å². The third-order valence-electron chi connectivity index (χ3n) is 5.95. The molecule has 0 radical (unpaired) electrons. The van der Waals surface area contributed by atoms with Crippen molar-refractivity contribution in [1.29, 1.82) is 0 Å². The number of sulfonamides is 1. The van der Waals surface area contributed by atoms with Gasteiger partial charge < -0.3 is 10.2 Å². The summed E-state index contributed by atoms with van der Waals surface area (Å²) in [5.41, 5.74) is 2.06. The number of likely N-dealkylation sites (N-methyl/N-ethyl adjacent to an activating group) is 1. The largest absolute Gasteiger partial charge is 0.355 e. The third-order valence-corrected chi connectivity index (χ3v) is 8.22. The maximum Gasteiger partial charge on any atom is 0.264 e. The number of nitrogens with one attached hydrogen (secondary N) is 1. The molecule has 7 nitrogen and oxygen atoms in total. The Hall–Kier alpha value is -3.07. The number of rotatable bonds is 11. The summed E-state index contributed by atoms with van der Waals surface area (Å²) >= 11 is 12.2. The Morgan fingerprint density at radius 2 is 1.61 bits per heavy atom. The maximum absolute atomic E-state index is 13.9. The summed E-state index contributed by atoms with van der Waals surface area (Å²) in [6, 6.07) is 18.8. The monoisotopic (exact) mass is 575 g/mol. The number of aryl methyl sites for hydroxylation is 1. The molecule has 3 rings (SSSR count). The normalized spacial score (nSPS) is 12.0. The van der Waals surface area contributed by atoms with Crippen LogP contribution in [0.4, 0.5) is 5.69 Å². The lowest BCUT2D eigenvalue weighted by atomic mass is 10.1. The Morgan fingerprint density at radius 1 is 0.921 bits per heavy atom. The van der Waals surface area contributed by atoms with E-state index in [0.29, 0.717) is 23.0 Å². The van der Waals surface area contributed by atoms with Crippen molar-refractivity contribution in [2.45, 2.75) is 44.7 Å². The van der Waals surface area contributed by atoms with Crippen LogP contribution < -0.4 is 9.62 Å². The molecule has 0 bridgehead atoms. The van der Waals surface area contributed by atoms with E-state index in [-0.39, 0.29) is 23.0 Å². The molecular weight excluding hydrogens is 545 g/mol. The fourth-order valence-electron chi connectivity index (χ4n) is 4.11. The number of anilines is 1. The zero-order chi connectivity index (χ0) is 27.9. The topological polar surface area (TPSA) is 86.8 Å². The van der Waals surface area contributed by atoms with Crippen molar-refractivity contribution in [2.75, 3.05) is 17.4 Å². The molecular formula is C28H31Cl2N3O4S. The fraction of sp³-hybridized carbons (Fsp3) is 0.286. The number of benzene rings is 3. The van der Waals surface area contributed by atoms with Crippen LogP contribution in [0.2, 0.25) is 10.0 Å². The molecule has 0 fully saturated rings. The summed E-state index contributed by atoms with van der Waals surface area (Å²) in [7, 11) is -4.19. The van der Waals surface area contributed by atoms with Crippen LogP contribution in [0.3, 0.4) is 0 Å². The fourth-order valence-corrected chi connectivity index (χ4v) is 5.83. The van der Waals surface area contributed by atoms with Gasteiger partial charge in [-0.1, -0.05) is 66.0 Å². The van der Waals surface area contributed by atoms with Gasteiger partial charge >= 0.3 is 0 Å². The van der Waals surface area contributed by atoms with Gasteiger partial charge in [0, 0.05) is 23.1 Å². The molecule has 0 aliphatic heterocycles. The minimum atomic E-state index is -4.19. The lowest BCUT2D eigenvalue weighted by Gasteiger charge is -2.33. The van der Waals surface area contributed by atoms with Gasteiger partial charge in [0.15, 0.2) is 0 Å². The summed E-state index contributed by atoms with van der Waals surface area (Å²) < 4.78 is 28.6. The standard InChI is InChI=1S/C28H31Cl2N3O4S/c1-4-26(28(35)31-5-2)32(18-21-9-6-8-20(3)16-21)27(34)19-33(24-11-7-10-23(30)17-24)38(36,37)25-14-12-22(29)13-15-25/h6-17,26H,4-5,18-19H2,1-3H3,(H,31,35)/t26-/m0/s1. The molecule has 0 heterocycles. The van der Waals surface area contributed by atoms with Crippen molar-refractivity contribution in [2.24, 2.45) is 0 Å². The van der Waals surface area contributed by atoms with Gasteiger partial charge in [-0.25, -0.2) is 8.42 Å². The van der Waals surface area contributed by atoms with Crippen molar-refractivity contribution in [1.82, 2.24) is 10.2 Å². The Kier molecular flexibility index (Phi) is 10.2. The Labute approximate surface area is 234 Å². The van der Waals surface area contributed by atoms with Crippen LogP contribution in [0, 0.1) is 6.92 Å². The molecule has 0 saturated heterocycles. The molecule has 3 aromatic rings. The van der Waals surface area contributed by atoms with E-state index in [2.05, 4.69) is 5.32 Å². The first kappa shape index (κ1) is 29.5. The van der Waals surface area contributed by atoms with E-state index in [1.165, 1.54) is 35.2 Å². The molecule has 10 heteroatoms. The number of halogens is 2. The highest BCUT2D eigenvalue weighted by atomic mass is 35.5. The van der Waals surface area contributed by atoms with Crippen LogP contribution in [0.25, 0.3) is 0 Å². The average Bonchev–Trinajstić information content (AvgIpc) is 2.87. The number of nitrogens with zero attached hydrogens (tertiary/aromatic N) is 2. The number of carbonyl (C=O) groups is 2. The third kappa shape index (κ3) is 7.28. The molecule has 2 amide bonds. The summed E-state index contributed by atoms with van der Waals surface area (Å²) in [4.78, 5) is 28.3. The minimum Gasteiger partial charge on any atom is -0.355 e. The van der Waals surface area contributed by atoms with Crippen LogP contribution in [0.1, 0.15) is 31.4 Å². The van der Waals surface area contributed by atoms with E-state index in [1.807, 2.05) is 38.1 Å². The zero-order valence-electron chi connectivity index (χ0n) is 21.5. The molecule has 0 aliphatic rings. The van der Waals surface area contributed by atoms with Crippen molar-refractivity contribution in [3.8, 4) is 0 Å². The van der Waals surface area contributed by atoms with Crippen LogP contribution in [0.5, 0.6) is 0 Å². The van der Waals surface area contributed by atoms with Crippen molar-refractivity contribution in [3.05, 3.63) is 94.0 Å². The highest BCUT2D eigenvalue weighted by Crippen LogP contribution is 2.27. The Bertz CT molecular complexity index is 1380. The summed E-state index contributed by atoms with van der Waals surface area (Å²) in [6.07, 6.45) is 0.352.